The number of nitrogens with zero attached hydrogens (tertiary/aromatic N) is 3. The number of hydrogen-bond donors (Lipinski definition) is 0. The van der Waals surface area contributed by atoms with Crippen LogP contribution in [0.15, 0.2) is 36.4 Å². The van der Waals surface area contributed by atoms with Gasteiger partial charge in [0.25, 0.3) is 10.2 Å². The van der Waals surface area contributed by atoms with Gasteiger partial charge in [0.05, 0.1) is 12.2 Å². The van der Waals surface area contributed by atoms with Crippen LogP contribution in [-0.2, 0) is 14.9 Å². The highest BCUT2D eigenvalue weighted by atomic mass is 32.2. The first kappa shape index (κ1) is 19.5. The second-order valence-corrected chi connectivity index (χ2v) is 9.41. The maximum absolute atomic E-state index is 12.3. The van der Waals surface area contributed by atoms with Crippen molar-refractivity contribution in [2.75, 3.05) is 53.4 Å². The van der Waals surface area contributed by atoms with E-state index in [2.05, 4.69) is 29.2 Å². The van der Waals surface area contributed by atoms with Gasteiger partial charge in [-0.1, -0.05) is 42.5 Å². The van der Waals surface area contributed by atoms with Crippen molar-refractivity contribution in [3.8, 4) is 0 Å². The van der Waals surface area contributed by atoms with Gasteiger partial charge < -0.3 is 4.74 Å². The first-order valence-electron chi connectivity index (χ1n) is 9.17. The van der Waals surface area contributed by atoms with E-state index in [0.29, 0.717) is 19.7 Å². The minimum absolute atomic E-state index is 0.211. The summed E-state index contributed by atoms with van der Waals surface area (Å²) in [6.45, 7) is 4.42. The lowest BCUT2D eigenvalue weighted by Crippen LogP contribution is -2.58. The summed E-state index contributed by atoms with van der Waals surface area (Å²) in [5.41, 5.74) is 0.995. The van der Waals surface area contributed by atoms with Crippen LogP contribution >= 0.6 is 0 Å². The molecule has 0 aliphatic carbocycles. The van der Waals surface area contributed by atoms with Crippen LogP contribution in [0.25, 0.3) is 6.08 Å². The Morgan fingerprint density at radius 2 is 1.85 bits per heavy atom. The smallest absolute Gasteiger partial charge is 0.281 e. The summed E-state index contributed by atoms with van der Waals surface area (Å²) in [5.74, 6) is 0. The zero-order valence-corrected chi connectivity index (χ0v) is 16.5. The normalized spacial score (nSPS) is 22.4. The Hall–Kier alpha value is -1.25. The Morgan fingerprint density at radius 3 is 2.50 bits per heavy atom. The molecule has 0 unspecified atom stereocenters. The van der Waals surface area contributed by atoms with Gasteiger partial charge in [-0.2, -0.15) is 17.0 Å². The largest absolute Gasteiger partial charge is 0.372 e. The van der Waals surface area contributed by atoms with E-state index in [1.807, 2.05) is 18.2 Å². The van der Waals surface area contributed by atoms with Crippen LogP contribution in [-0.4, -0.2) is 81.0 Å². The molecular weight excluding hydrogens is 350 g/mol. The molecule has 0 radical (unpaired) electrons. The Kier molecular flexibility index (Phi) is 6.14. The van der Waals surface area contributed by atoms with Crippen LogP contribution in [0, 0.1) is 0 Å². The van der Waals surface area contributed by atoms with Crippen LogP contribution < -0.4 is 0 Å². The zero-order valence-electron chi connectivity index (χ0n) is 15.7. The van der Waals surface area contributed by atoms with E-state index in [4.69, 9.17) is 4.74 Å². The molecule has 0 saturated carbocycles. The third-order valence-electron chi connectivity index (χ3n) is 5.22. The fourth-order valence-corrected chi connectivity index (χ4v) is 4.75. The van der Waals surface area contributed by atoms with Crippen molar-refractivity contribution in [3.63, 3.8) is 0 Å². The van der Waals surface area contributed by atoms with Crippen molar-refractivity contribution in [1.82, 2.24) is 13.5 Å². The predicted molar refractivity (Wildman–Crippen MR) is 104 cm³/mol. The van der Waals surface area contributed by atoms with E-state index < -0.39 is 10.2 Å². The number of morpholine rings is 1. The molecule has 2 fully saturated rings. The van der Waals surface area contributed by atoms with Crippen molar-refractivity contribution in [2.45, 2.75) is 18.4 Å². The van der Waals surface area contributed by atoms with Gasteiger partial charge in [0.1, 0.15) is 0 Å². The summed E-state index contributed by atoms with van der Waals surface area (Å²) in [4.78, 5) is 2.40. The monoisotopic (exact) mass is 379 g/mol. The fraction of sp³-hybridized carbons (Fsp3) is 0.579. The van der Waals surface area contributed by atoms with Crippen molar-refractivity contribution in [2.24, 2.45) is 0 Å². The highest BCUT2D eigenvalue weighted by Crippen LogP contribution is 2.31. The molecular formula is C19H29N3O3S. The lowest BCUT2D eigenvalue weighted by Gasteiger charge is -2.47. The molecule has 2 aliphatic heterocycles. The van der Waals surface area contributed by atoms with Crippen LogP contribution in [0.3, 0.4) is 0 Å². The van der Waals surface area contributed by atoms with Gasteiger partial charge in [-0.15, -0.1) is 0 Å². The van der Waals surface area contributed by atoms with Crippen LogP contribution in [0.2, 0.25) is 0 Å². The van der Waals surface area contributed by atoms with Gasteiger partial charge in [-0.3, -0.25) is 4.90 Å². The summed E-state index contributed by atoms with van der Waals surface area (Å²) in [6, 6.07) is 10.3. The average molecular weight is 380 g/mol. The first-order valence-corrected chi connectivity index (χ1v) is 10.6. The van der Waals surface area contributed by atoms with Gasteiger partial charge >= 0.3 is 0 Å². The van der Waals surface area contributed by atoms with Crippen molar-refractivity contribution in [1.29, 1.82) is 0 Å². The van der Waals surface area contributed by atoms with Crippen LogP contribution in [0.4, 0.5) is 0 Å². The molecule has 26 heavy (non-hydrogen) atoms. The van der Waals surface area contributed by atoms with Crippen LogP contribution in [0.5, 0.6) is 0 Å². The van der Waals surface area contributed by atoms with E-state index in [9.17, 15) is 8.42 Å². The molecule has 1 aromatic rings. The topological polar surface area (TPSA) is 53.1 Å². The number of hydrogen-bond acceptors (Lipinski definition) is 4. The van der Waals surface area contributed by atoms with Crippen molar-refractivity contribution >= 4 is 16.3 Å². The van der Waals surface area contributed by atoms with E-state index in [0.717, 1.165) is 32.5 Å². The van der Waals surface area contributed by atoms with Gasteiger partial charge in [0, 0.05) is 46.8 Å². The summed E-state index contributed by atoms with van der Waals surface area (Å²) < 4.78 is 33.5. The average Bonchev–Trinajstić information content (AvgIpc) is 2.63. The Morgan fingerprint density at radius 1 is 1.15 bits per heavy atom. The summed E-state index contributed by atoms with van der Waals surface area (Å²) in [5, 5.41) is 0. The summed E-state index contributed by atoms with van der Waals surface area (Å²) >= 11 is 0. The van der Waals surface area contributed by atoms with Gasteiger partial charge in [-0.05, 0) is 18.4 Å². The third kappa shape index (κ3) is 4.53. The molecule has 1 aromatic carbocycles. The summed E-state index contributed by atoms with van der Waals surface area (Å²) in [6.07, 6.45) is 5.84. The minimum Gasteiger partial charge on any atom is -0.372 e. The van der Waals surface area contributed by atoms with Crippen molar-refractivity contribution in [3.05, 3.63) is 42.0 Å². The number of piperidine rings is 1. The zero-order chi connectivity index (χ0) is 18.6. The number of rotatable bonds is 5. The summed E-state index contributed by atoms with van der Waals surface area (Å²) in [7, 11) is -0.165. The molecule has 2 saturated heterocycles. The molecule has 0 aromatic heterocycles. The molecule has 2 heterocycles. The van der Waals surface area contributed by atoms with Crippen molar-refractivity contribution < 1.29 is 13.2 Å². The Labute approximate surface area is 157 Å². The predicted octanol–water partition coefficient (Wildman–Crippen LogP) is 1.67. The van der Waals surface area contributed by atoms with Gasteiger partial charge in [0.15, 0.2) is 0 Å². The van der Waals surface area contributed by atoms with Gasteiger partial charge in [-0.25, -0.2) is 0 Å². The fourth-order valence-electron chi connectivity index (χ4n) is 3.64. The molecule has 6 nitrogen and oxygen atoms in total. The maximum Gasteiger partial charge on any atom is 0.281 e. The number of benzene rings is 1. The molecule has 7 heteroatoms. The second kappa shape index (κ2) is 8.19. The standard InChI is InChI=1S/C19H29N3O3S/c1-20(2)26(23,24)22-13-10-19(11-14-22)17-21(15-16-25-19)12-6-9-18-7-4-3-5-8-18/h3-9H,10-17H2,1-2H3. The highest BCUT2D eigenvalue weighted by Gasteiger charge is 2.42. The first-order chi connectivity index (χ1) is 12.4. The van der Waals surface area contributed by atoms with E-state index in [-0.39, 0.29) is 5.60 Å². The second-order valence-electron chi connectivity index (χ2n) is 7.27. The minimum atomic E-state index is -3.33. The Balaban J connectivity index is 1.55. The van der Waals surface area contributed by atoms with E-state index in [1.165, 1.54) is 9.87 Å². The van der Waals surface area contributed by atoms with Gasteiger partial charge in [0.2, 0.25) is 0 Å². The lowest BCUT2D eigenvalue weighted by molar-refractivity contribution is -0.127. The highest BCUT2D eigenvalue weighted by molar-refractivity contribution is 7.86. The third-order valence-corrected chi connectivity index (χ3v) is 7.16. The molecule has 2 aliphatic rings. The molecule has 0 amide bonds. The molecule has 0 bridgehead atoms. The molecule has 0 N–H and O–H groups in total. The SMILES string of the molecule is CN(C)S(=O)(=O)N1CCC2(CC1)CN(CC=Cc1ccccc1)CCO2. The maximum atomic E-state index is 12.3. The Bertz CT molecular complexity index is 711. The van der Waals surface area contributed by atoms with E-state index in [1.54, 1.807) is 18.4 Å². The van der Waals surface area contributed by atoms with E-state index >= 15 is 0 Å². The number of ether oxygens (including phenoxy) is 1. The molecule has 144 valence electrons. The lowest BCUT2D eigenvalue weighted by atomic mass is 9.90. The molecule has 1 spiro atoms. The molecule has 3 rings (SSSR count). The quantitative estimate of drug-likeness (QED) is 0.781. The molecule has 0 atom stereocenters. The van der Waals surface area contributed by atoms with Crippen LogP contribution in [0.1, 0.15) is 18.4 Å².